The zero-order chi connectivity index (χ0) is 15.9. The number of aryl methyl sites for hydroxylation is 3. The summed E-state index contributed by atoms with van der Waals surface area (Å²) in [6.07, 6.45) is 1.94. The van der Waals surface area contributed by atoms with Crippen molar-refractivity contribution in [1.29, 1.82) is 0 Å². The van der Waals surface area contributed by atoms with Crippen LogP contribution in [-0.4, -0.2) is 21.7 Å². The van der Waals surface area contributed by atoms with Crippen LogP contribution in [0.4, 0.5) is 0 Å². The zero-order valence-electron chi connectivity index (χ0n) is 13.2. The molecule has 0 fully saturated rings. The van der Waals surface area contributed by atoms with Crippen molar-refractivity contribution < 1.29 is 4.79 Å². The Labute approximate surface area is 134 Å². The van der Waals surface area contributed by atoms with E-state index in [9.17, 15) is 4.79 Å². The number of hydrogen-bond donors (Lipinski definition) is 0. The topological polar surface area (TPSA) is 34.9 Å². The van der Waals surface area contributed by atoms with Gasteiger partial charge in [-0.25, -0.2) is 4.98 Å². The van der Waals surface area contributed by atoms with Crippen LogP contribution >= 0.6 is 11.8 Å². The van der Waals surface area contributed by atoms with Crippen LogP contribution in [0.2, 0.25) is 0 Å². The summed E-state index contributed by atoms with van der Waals surface area (Å²) in [5.41, 5.74) is 5.92. The fourth-order valence-electron chi connectivity index (χ4n) is 2.47. The van der Waals surface area contributed by atoms with E-state index >= 15 is 0 Å². The first kappa shape index (κ1) is 14.9. The maximum Gasteiger partial charge on any atom is 0.264 e. The first-order valence-electron chi connectivity index (χ1n) is 7.16. The highest BCUT2D eigenvalue weighted by molar-refractivity contribution is 7.98. The minimum atomic E-state index is -0.0323. The molecule has 0 saturated heterocycles. The Morgan fingerprint density at radius 3 is 2.32 bits per heavy atom. The van der Waals surface area contributed by atoms with E-state index in [0.717, 1.165) is 27.3 Å². The largest absolute Gasteiger partial charge is 0.268 e. The van der Waals surface area contributed by atoms with Crippen molar-refractivity contribution >= 4 is 28.7 Å². The summed E-state index contributed by atoms with van der Waals surface area (Å²) in [6.45, 7) is 6.13. The molecule has 3 nitrogen and oxygen atoms in total. The SMILES string of the molecule is CSc1nc2cc(C)c(C)cc2n1C(=O)c1ccc(C)cc1. The summed E-state index contributed by atoms with van der Waals surface area (Å²) in [5, 5.41) is 0.727. The van der Waals surface area contributed by atoms with Gasteiger partial charge in [0.25, 0.3) is 5.91 Å². The molecule has 3 aromatic rings. The molecule has 0 aliphatic heterocycles. The molecule has 1 aromatic heterocycles. The number of carbonyl (C=O) groups excluding carboxylic acids is 1. The number of hydrogen-bond acceptors (Lipinski definition) is 3. The molecule has 0 radical (unpaired) electrons. The number of imidazole rings is 1. The highest BCUT2D eigenvalue weighted by atomic mass is 32.2. The van der Waals surface area contributed by atoms with Gasteiger partial charge in [-0.1, -0.05) is 29.5 Å². The van der Waals surface area contributed by atoms with Crippen molar-refractivity contribution in [3.63, 3.8) is 0 Å². The molecule has 1 heterocycles. The second kappa shape index (κ2) is 5.61. The molecule has 0 N–H and O–H groups in total. The van der Waals surface area contributed by atoms with Gasteiger partial charge in [-0.3, -0.25) is 9.36 Å². The van der Waals surface area contributed by atoms with Gasteiger partial charge in [0.05, 0.1) is 11.0 Å². The van der Waals surface area contributed by atoms with E-state index in [4.69, 9.17) is 0 Å². The predicted molar refractivity (Wildman–Crippen MR) is 91.9 cm³/mol. The maximum absolute atomic E-state index is 12.9. The molecule has 112 valence electrons. The van der Waals surface area contributed by atoms with Crippen LogP contribution in [0.15, 0.2) is 41.6 Å². The highest BCUT2D eigenvalue weighted by Crippen LogP contribution is 2.26. The van der Waals surface area contributed by atoms with Crippen molar-refractivity contribution in [1.82, 2.24) is 9.55 Å². The van der Waals surface area contributed by atoms with Crippen LogP contribution < -0.4 is 0 Å². The molecule has 0 aliphatic rings. The Hall–Kier alpha value is -2.07. The van der Waals surface area contributed by atoms with Crippen molar-refractivity contribution in [3.8, 4) is 0 Å². The Bertz CT molecular complexity index is 863. The maximum atomic E-state index is 12.9. The van der Waals surface area contributed by atoms with Crippen molar-refractivity contribution in [2.75, 3.05) is 6.26 Å². The minimum Gasteiger partial charge on any atom is -0.268 e. The molecule has 0 spiro atoms. The lowest BCUT2D eigenvalue weighted by Crippen LogP contribution is -2.13. The zero-order valence-corrected chi connectivity index (χ0v) is 14.0. The number of benzene rings is 2. The van der Waals surface area contributed by atoms with E-state index in [1.807, 2.05) is 49.6 Å². The third kappa shape index (κ3) is 2.44. The summed E-state index contributed by atoms with van der Waals surface area (Å²) in [7, 11) is 0. The van der Waals surface area contributed by atoms with Gasteiger partial charge in [-0.15, -0.1) is 0 Å². The van der Waals surface area contributed by atoms with Crippen molar-refractivity contribution in [2.24, 2.45) is 0 Å². The van der Waals surface area contributed by atoms with Crippen LogP contribution in [-0.2, 0) is 0 Å². The lowest BCUT2D eigenvalue weighted by molar-refractivity contribution is 0.0955. The van der Waals surface area contributed by atoms with Crippen LogP contribution in [0.1, 0.15) is 27.0 Å². The fraction of sp³-hybridized carbons (Fsp3) is 0.222. The van der Waals surface area contributed by atoms with E-state index < -0.39 is 0 Å². The summed E-state index contributed by atoms with van der Waals surface area (Å²) >= 11 is 1.49. The standard InChI is InChI=1S/C18H18N2OS/c1-11-5-7-14(8-6-11)17(21)20-16-10-13(3)12(2)9-15(16)19-18(20)22-4/h5-10H,1-4H3. The van der Waals surface area contributed by atoms with Crippen LogP contribution in [0.5, 0.6) is 0 Å². The molecule has 3 rings (SSSR count). The molecular weight excluding hydrogens is 292 g/mol. The number of rotatable bonds is 2. The van der Waals surface area contributed by atoms with Gasteiger partial charge in [-0.05, 0) is 62.4 Å². The molecule has 0 saturated carbocycles. The molecule has 0 amide bonds. The number of nitrogens with zero attached hydrogens (tertiary/aromatic N) is 2. The third-order valence-electron chi connectivity index (χ3n) is 3.92. The predicted octanol–water partition coefficient (Wildman–Crippen LogP) is 4.37. The Balaban J connectivity index is 2.22. The monoisotopic (exact) mass is 310 g/mol. The van der Waals surface area contributed by atoms with Gasteiger partial charge in [0, 0.05) is 5.56 Å². The van der Waals surface area contributed by atoms with Crippen molar-refractivity contribution in [2.45, 2.75) is 25.9 Å². The third-order valence-corrected chi connectivity index (χ3v) is 4.56. The van der Waals surface area contributed by atoms with Gasteiger partial charge in [0.15, 0.2) is 5.16 Å². The Morgan fingerprint density at radius 1 is 1.05 bits per heavy atom. The quantitative estimate of drug-likeness (QED) is 0.659. The lowest BCUT2D eigenvalue weighted by atomic mass is 10.1. The van der Waals surface area contributed by atoms with Crippen LogP contribution in [0.3, 0.4) is 0 Å². The van der Waals surface area contributed by atoms with Crippen LogP contribution in [0.25, 0.3) is 11.0 Å². The van der Waals surface area contributed by atoms with Gasteiger partial charge >= 0.3 is 0 Å². The Kier molecular flexibility index (Phi) is 3.79. The molecule has 4 heteroatoms. The van der Waals surface area contributed by atoms with Crippen LogP contribution in [0, 0.1) is 20.8 Å². The number of thioether (sulfide) groups is 1. The molecule has 0 atom stereocenters. The first-order valence-corrected chi connectivity index (χ1v) is 8.39. The summed E-state index contributed by atoms with van der Waals surface area (Å²) in [6, 6.07) is 11.7. The molecule has 0 bridgehead atoms. The van der Waals surface area contributed by atoms with Gasteiger partial charge in [-0.2, -0.15) is 0 Å². The van der Waals surface area contributed by atoms with E-state index in [-0.39, 0.29) is 5.91 Å². The lowest BCUT2D eigenvalue weighted by Gasteiger charge is -2.07. The number of aromatic nitrogens is 2. The number of carbonyl (C=O) groups is 1. The minimum absolute atomic E-state index is 0.0323. The average Bonchev–Trinajstić information content (AvgIpc) is 2.85. The van der Waals surface area contributed by atoms with Crippen molar-refractivity contribution in [3.05, 3.63) is 58.7 Å². The normalized spacial score (nSPS) is 11.1. The second-order valence-corrected chi connectivity index (χ2v) is 6.30. The Morgan fingerprint density at radius 2 is 1.68 bits per heavy atom. The summed E-state index contributed by atoms with van der Waals surface area (Å²) < 4.78 is 1.72. The molecule has 0 unspecified atom stereocenters. The molecular formula is C18H18N2OS. The van der Waals surface area contributed by atoms with Gasteiger partial charge in [0.2, 0.25) is 0 Å². The average molecular weight is 310 g/mol. The van der Waals surface area contributed by atoms with Gasteiger partial charge in [0.1, 0.15) is 0 Å². The smallest absolute Gasteiger partial charge is 0.264 e. The second-order valence-electron chi connectivity index (χ2n) is 5.53. The number of fused-ring (bicyclic) bond motifs is 1. The summed E-state index contributed by atoms with van der Waals surface area (Å²) in [4.78, 5) is 17.5. The first-order chi connectivity index (χ1) is 10.5. The fourth-order valence-corrected chi connectivity index (χ4v) is 3.02. The highest BCUT2D eigenvalue weighted by Gasteiger charge is 2.18. The van der Waals surface area contributed by atoms with E-state index in [1.54, 1.807) is 4.57 Å². The van der Waals surface area contributed by atoms with E-state index in [0.29, 0.717) is 5.56 Å². The van der Waals surface area contributed by atoms with E-state index in [1.165, 1.54) is 17.3 Å². The molecule has 0 aliphatic carbocycles. The van der Waals surface area contributed by atoms with Gasteiger partial charge < -0.3 is 0 Å². The molecule has 2 aromatic carbocycles. The summed E-state index contributed by atoms with van der Waals surface area (Å²) in [5.74, 6) is -0.0323. The molecule has 22 heavy (non-hydrogen) atoms. The van der Waals surface area contributed by atoms with E-state index in [2.05, 4.69) is 18.8 Å².